The van der Waals surface area contributed by atoms with Gasteiger partial charge in [-0.1, -0.05) is 0 Å². The summed E-state index contributed by atoms with van der Waals surface area (Å²) < 4.78 is 10.4. The summed E-state index contributed by atoms with van der Waals surface area (Å²) in [5.74, 6) is 1.42. The standard InChI is InChI=1S/C12H15NO3/c1-9(11-4-2-6-15-11)13-8-10(14)12-5-3-7-16-12/h2-7,9-10,13-14H,8H2,1H3/t9-,10?/m1/s1. The van der Waals surface area contributed by atoms with Crippen LogP contribution < -0.4 is 5.32 Å². The van der Waals surface area contributed by atoms with Crippen LogP contribution >= 0.6 is 0 Å². The van der Waals surface area contributed by atoms with Crippen molar-refractivity contribution in [2.75, 3.05) is 6.54 Å². The maximum Gasteiger partial charge on any atom is 0.133 e. The molecule has 4 heteroatoms. The average molecular weight is 221 g/mol. The Balaban J connectivity index is 1.84. The van der Waals surface area contributed by atoms with Crippen molar-refractivity contribution in [3.8, 4) is 0 Å². The second-order valence-electron chi connectivity index (χ2n) is 3.68. The molecule has 0 saturated heterocycles. The van der Waals surface area contributed by atoms with Gasteiger partial charge in [0.2, 0.25) is 0 Å². The van der Waals surface area contributed by atoms with E-state index in [1.807, 2.05) is 19.1 Å². The van der Waals surface area contributed by atoms with Crippen molar-refractivity contribution in [2.45, 2.75) is 19.1 Å². The first-order valence-electron chi connectivity index (χ1n) is 5.25. The first kappa shape index (κ1) is 11.0. The Hall–Kier alpha value is -1.52. The van der Waals surface area contributed by atoms with Crippen molar-refractivity contribution in [1.29, 1.82) is 0 Å². The van der Waals surface area contributed by atoms with Gasteiger partial charge in [0.1, 0.15) is 17.6 Å². The Bertz CT molecular complexity index is 354. The summed E-state index contributed by atoms with van der Waals surface area (Å²) in [5.41, 5.74) is 0. The van der Waals surface area contributed by atoms with E-state index in [1.165, 1.54) is 0 Å². The van der Waals surface area contributed by atoms with Crippen molar-refractivity contribution in [3.63, 3.8) is 0 Å². The van der Waals surface area contributed by atoms with Crippen molar-refractivity contribution in [2.24, 2.45) is 0 Å². The third kappa shape index (κ3) is 2.53. The molecule has 0 amide bonds. The Morgan fingerprint density at radius 1 is 1.19 bits per heavy atom. The van der Waals surface area contributed by atoms with Gasteiger partial charge in [-0.05, 0) is 31.2 Å². The quantitative estimate of drug-likeness (QED) is 0.813. The molecule has 0 aliphatic heterocycles. The fraction of sp³-hybridized carbons (Fsp3) is 0.333. The molecule has 0 aliphatic rings. The molecule has 86 valence electrons. The topological polar surface area (TPSA) is 58.5 Å². The van der Waals surface area contributed by atoms with Crippen LogP contribution in [0, 0.1) is 0 Å². The molecule has 0 bridgehead atoms. The maximum absolute atomic E-state index is 9.77. The van der Waals surface area contributed by atoms with Crippen molar-refractivity contribution < 1.29 is 13.9 Å². The van der Waals surface area contributed by atoms with E-state index in [9.17, 15) is 5.11 Å². The molecule has 2 aromatic rings. The second kappa shape index (κ2) is 5.01. The van der Waals surface area contributed by atoms with Crippen LogP contribution in [0.5, 0.6) is 0 Å². The van der Waals surface area contributed by atoms with E-state index in [-0.39, 0.29) is 6.04 Å². The van der Waals surface area contributed by atoms with E-state index in [0.29, 0.717) is 12.3 Å². The molecule has 0 radical (unpaired) electrons. The minimum Gasteiger partial charge on any atom is -0.468 e. The number of hydrogen-bond donors (Lipinski definition) is 2. The van der Waals surface area contributed by atoms with Crippen LogP contribution in [0.4, 0.5) is 0 Å². The van der Waals surface area contributed by atoms with Gasteiger partial charge in [-0.15, -0.1) is 0 Å². The van der Waals surface area contributed by atoms with Gasteiger partial charge in [0.25, 0.3) is 0 Å². The first-order chi connectivity index (χ1) is 7.77. The molecule has 0 spiro atoms. The highest BCUT2D eigenvalue weighted by atomic mass is 16.4. The molecule has 16 heavy (non-hydrogen) atoms. The largest absolute Gasteiger partial charge is 0.468 e. The molecule has 2 aromatic heterocycles. The van der Waals surface area contributed by atoms with E-state index in [2.05, 4.69) is 5.32 Å². The van der Waals surface area contributed by atoms with Gasteiger partial charge in [-0.25, -0.2) is 0 Å². The molecule has 2 heterocycles. The molecule has 4 nitrogen and oxygen atoms in total. The van der Waals surface area contributed by atoms with E-state index < -0.39 is 6.10 Å². The van der Waals surface area contributed by atoms with Gasteiger partial charge in [0.15, 0.2) is 0 Å². The van der Waals surface area contributed by atoms with Gasteiger partial charge in [0.05, 0.1) is 18.6 Å². The number of rotatable bonds is 5. The highest BCUT2D eigenvalue weighted by Crippen LogP contribution is 2.15. The lowest BCUT2D eigenvalue weighted by Crippen LogP contribution is -2.24. The summed E-state index contributed by atoms with van der Waals surface area (Å²) in [6.45, 7) is 2.41. The van der Waals surface area contributed by atoms with Crippen LogP contribution in [0.15, 0.2) is 45.6 Å². The SMILES string of the molecule is C[C@@H](NCC(O)c1ccco1)c1ccco1. The molecule has 0 aromatic carbocycles. The average Bonchev–Trinajstić information content (AvgIpc) is 2.95. The van der Waals surface area contributed by atoms with Gasteiger partial charge in [0, 0.05) is 6.54 Å². The van der Waals surface area contributed by atoms with Crippen molar-refractivity contribution >= 4 is 0 Å². The maximum atomic E-state index is 9.77. The van der Waals surface area contributed by atoms with Crippen LogP contribution in [0.1, 0.15) is 30.6 Å². The van der Waals surface area contributed by atoms with Crippen molar-refractivity contribution in [1.82, 2.24) is 5.32 Å². The van der Waals surface area contributed by atoms with Crippen LogP contribution in [0.3, 0.4) is 0 Å². The number of nitrogens with one attached hydrogen (secondary N) is 1. The number of aliphatic hydroxyl groups excluding tert-OH is 1. The zero-order valence-corrected chi connectivity index (χ0v) is 9.09. The summed E-state index contributed by atoms with van der Waals surface area (Å²) in [6.07, 6.45) is 2.55. The summed E-state index contributed by atoms with van der Waals surface area (Å²) >= 11 is 0. The van der Waals surface area contributed by atoms with Gasteiger partial charge >= 0.3 is 0 Å². The van der Waals surface area contributed by atoms with Gasteiger partial charge in [-0.2, -0.15) is 0 Å². The van der Waals surface area contributed by atoms with Crippen LogP contribution in [-0.4, -0.2) is 11.7 Å². The molecule has 0 saturated carbocycles. The highest BCUT2D eigenvalue weighted by Gasteiger charge is 2.13. The normalized spacial score (nSPS) is 14.9. The minimum absolute atomic E-state index is 0.0691. The summed E-state index contributed by atoms with van der Waals surface area (Å²) in [7, 11) is 0. The second-order valence-corrected chi connectivity index (χ2v) is 3.68. The smallest absolute Gasteiger partial charge is 0.133 e. The Morgan fingerprint density at radius 2 is 1.81 bits per heavy atom. The Kier molecular flexibility index (Phi) is 3.44. The molecule has 0 aliphatic carbocycles. The Morgan fingerprint density at radius 3 is 2.38 bits per heavy atom. The third-order valence-corrected chi connectivity index (χ3v) is 2.46. The molecule has 2 N–H and O–H groups in total. The van der Waals surface area contributed by atoms with Crippen LogP contribution in [0.25, 0.3) is 0 Å². The summed E-state index contributed by atoms with van der Waals surface area (Å²) in [5, 5.41) is 12.9. The first-order valence-corrected chi connectivity index (χ1v) is 5.25. The predicted octanol–water partition coefficient (Wildman–Crippen LogP) is 2.26. The Labute approximate surface area is 93.9 Å². The molecule has 0 fully saturated rings. The van der Waals surface area contributed by atoms with E-state index in [4.69, 9.17) is 8.83 Å². The number of hydrogen-bond acceptors (Lipinski definition) is 4. The number of furan rings is 2. The van der Waals surface area contributed by atoms with Gasteiger partial charge in [-0.3, -0.25) is 0 Å². The fourth-order valence-corrected chi connectivity index (χ4v) is 1.51. The molecule has 2 atom stereocenters. The lowest BCUT2D eigenvalue weighted by Gasteiger charge is -2.13. The predicted molar refractivity (Wildman–Crippen MR) is 58.8 cm³/mol. The van der Waals surface area contributed by atoms with E-state index in [1.54, 1.807) is 24.7 Å². The molecular weight excluding hydrogens is 206 g/mol. The summed E-state index contributed by atoms with van der Waals surface area (Å²) in [4.78, 5) is 0. The molecule has 2 rings (SSSR count). The lowest BCUT2D eigenvalue weighted by molar-refractivity contribution is 0.143. The van der Waals surface area contributed by atoms with Gasteiger partial charge < -0.3 is 19.3 Å². The number of aliphatic hydroxyl groups is 1. The fourth-order valence-electron chi connectivity index (χ4n) is 1.51. The van der Waals surface area contributed by atoms with E-state index >= 15 is 0 Å². The van der Waals surface area contributed by atoms with Crippen molar-refractivity contribution in [3.05, 3.63) is 48.3 Å². The zero-order chi connectivity index (χ0) is 11.4. The highest BCUT2D eigenvalue weighted by molar-refractivity contribution is 5.05. The zero-order valence-electron chi connectivity index (χ0n) is 9.09. The lowest BCUT2D eigenvalue weighted by atomic mass is 10.2. The van der Waals surface area contributed by atoms with Crippen LogP contribution in [0.2, 0.25) is 0 Å². The third-order valence-electron chi connectivity index (χ3n) is 2.46. The monoisotopic (exact) mass is 221 g/mol. The minimum atomic E-state index is -0.632. The van der Waals surface area contributed by atoms with Crippen LogP contribution in [-0.2, 0) is 0 Å². The summed E-state index contributed by atoms with van der Waals surface area (Å²) in [6, 6.07) is 7.32. The molecule has 1 unspecified atom stereocenters. The van der Waals surface area contributed by atoms with E-state index in [0.717, 1.165) is 5.76 Å². The molecular formula is C12H15NO3.